The summed E-state index contributed by atoms with van der Waals surface area (Å²) in [6.45, 7) is 2.65. The monoisotopic (exact) mass is 494 g/mol. The van der Waals surface area contributed by atoms with Crippen molar-refractivity contribution in [3.63, 3.8) is 0 Å². The maximum absolute atomic E-state index is 13.1. The fourth-order valence-electron chi connectivity index (χ4n) is 3.34. The number of β-amino-alcohol motifs (C(OH)–C–C–N with tert-alkyl or cyclic N) is 1. The smallest absolute Gasteiger partial charge is 0.325 e. The summed E-state index contributed by atoms with van der Waals surface area (Å²) >= 11 is 0. The number of methoxy groups -OCH3 is 2. The number of aromatic nitrogens is 2. The minimum absolute atomic E-state index is 0.00404. The fourth-order valence-corrected chi connectivity index (χ4v) is 5.05. The van der Waals surface area contributed by atoms with Gasteiger partial charge in [-0.3, -0.25) is 14.9 Å². The molecule has 12 nitrogen and oxygen atoms in total. The standard InChI is InChI=1S/C21H26N4O8S/c1-12-5-6-15(7-13(12)2)34(29,30)25-10-14(26)8-16(25)20(28)33-11-17(27)22-21-23-18(31-3)9-19(24-21)32-4/h5-7,9,14,16,26H,8,10-11H2,1-4H3,(H,22,23,24,27)/t14-,16-/m1/s1. The molecule has 1 aromatic carbocycles. The van der Waals surface area contributed by atoms with Gasteiger partial charge in [-0.15, -0.1) is 0 Å². The minimum Gasteiger partial charge on any atom is -0.481 e. The summed E-state index contributed by atoms with van der Waals surface area (Å²) in [6.07, 6.45) is -1.20. The van der Waals surface area contributed by atoms with Gasteiger partial charge < -0.3 is 19.3 Å². The summed E-state index contributed by atoms with van der Waals surface area (Å²) < 4.78 is 42.2. The van der Waals surface area contributed by atoms with Crippen LogP contribution in [-0.4, -0.2) is 79.2 Å². The van der Waals surface area contributed by atoms with Gasteiger partial charge in [-0.05, 0) is 37.1 Å². The number of rotatable bonds is 8. The number of hydrogen-bond donors (Lipinski definition) is 2. The highest BCUT2D eigenvalue weighted by atomic mass is 32.2. The van der Waals surface area contributed by atoms with Gasteiger partial charge in [-0.1, -0.05) is 6.07 Å². The number of hydrogen-bond acceptors (Lipinski definition) is 10. The van der Waals surface area contributed by atoms with Crippen molar-refractivity contribution in [2.75, 3.05) is 32.7 Å². The lowest BCUT2D eigenvalue weighted by molar-refractivity contribution is -0.150. The zero-order chi connectivity index (χ0) is 25.0. The van der Waals surface area contributed by atoms with Gasteiger partial charge in [-0.25, -0.2) is 8.42 Å². The Hall–Kier alpha value is -3.29. The number of anilines is 1. The van der Waals surface area contributed by atoms with Crippen LogP contribution < -0.4 is 14.8 Å². The molecule has 34 heavy (non-hydrogen) atoms. The number of nitrogens with one attached hydrogen (secondary N) is 1. The molecule has 1 aromatic heterocycles. The molecule has 2 aromatic rings. The second-order valence-electron chi connectivity index (χ2n) is 7.66. The topological polar surface area (TPSA) is 157 Å². The third kappa shape index (κ3) is 5.61. The summed E-state index contributed by atoms with van der Waals surface area (Å²) in [4.78, 5) is 32.8. The molecule has 3 rings (SSSR count). The van der Waals surface area contributed by atoms with E-state index in [0.29, 0.717) is 0 Å². The first-order valence-corrected chi connectivity index (χ1v) is 11.7. The van der Waals surface area contributed by atoms with Gasteiger partial charge in [0.2, 0.25) is 27.7 Å². The number of carbonyl (C=O) groups is 2. The van der Waals surface area contributed by atoms with Crippen LogP contribution in [0, 0.1) is 13.8 Å². The van der Waals surface area contributed by atoms with Crippen molar-refractivity contribution in [3.05, 3.63) is 35.4 Å². The molecule has 0 unspecified atom stereocenters. The Morgan fingerprint density at radius 2 is 1.76 bits per heavy atom. The first kappa shape index (κ1) is 25.3. The van der Waals surface area contributed by atoms with Crippen molar-refractivity contribution in [2.24, 2.45) is 0 Å². The zero-order valence-corrected chi connectivity index (χ0v) is 20.0. The average molecular weight is 495 g/mol. The second-order valence-corrected chi connectivity index (χ2v) is 9.55. The molecule has 0 radical (unpaired) electrons. The number of aliphatic hydroxyl groups is 1. The zero-order valence-electron chi connectivity index (χ0n) is 19.1. The number of ether oxygens (including phenoxy) is 3. The Morgan fingerprint density at radius 1 is 1.12 bits per heavy atom. The van der Waals surface area contributed by atoms with Crippen molar-refractivity contribution >= 4 is 27.8 Å². The van der Waals surface area contributed by atoms with E-state index >= 15 is 0 Å². The van der Waals surface area contributed by atoms with Crippen LogP contribution in [0.1, 0.15) is 17.5 Å². The second kappa shape index (κ2) is 10.3. The lowest BCUT2D eigenvalue weighted by Gasteiger charge is -2.22. The van der Waals surface area contributed by atoms with Crippen molar-refractivity contribution in [1.82, 2.24) is 14.3 Å². The van der Waals surface area contributed by atoms with Crippen LogP contribution in [0.2, 0.25) is 0 Å². The molecule has 184 valence electrons. The number of amides is 1. The molecular weight excluding hydrogens is 468 g/mol. The summed E-state index contributed by atoms with van der Waals surface area (Å²) in [7, 11) is -1.33. The predicted octanol–water partition coefficient (Wildman–Crippen LogP) is 0.416. The predicted molar refractivity (Wildman–Crippen MR) is 119 cm³/mol. The number of esters is 1. The summed E-state index contributed by atoms with van der Waals surface area (Å²) in [6, 6.07) is 4.75. The summed E-state index contributed by atoms with van der Waals surface area (Å²) in [5, 5.41) is 12.4. The first-order valence-electron chi connectivity index (χ1n) is 10.3. The van der Waals surface area contributed by atoms with Crippen molar-refractivity contribution < 1.29 is 37.3 Å². The van der Waals surface area contributed by atoms with Crippen molar-refractivity contribution in [2.45, 2.75) is 37.3 Å². The van der Waals surface area contributed by atoms with Crippen LogP contribution in [0.25, 0.3) is 0 Å². The molecule has 0 saturated carbocycles. The van der Waals surface area contributed by atoms with Crippen LogP contribution in [0.5, 0.6) is 11.8 Å². The Morgan fingerprint density at radius 3 is 2.35 bits per heavy atom. The number of aryl methyl sites for hydroxylation is 2. The molecule has 1 saturated heterocycles. The molecule has 0 spiro atoms. The van der Waals surface area contributed by atoms with Gasteiger partial charge in [0.1, 0.15) is 6.04 Å². The lowest BCUT2D eigenvalue weighted by Crippen LogP contribution is -2.42. The van der Waals surface area contributed by atoms with Gasteiger partial charge in [0.15, 0.2) is 6.61 Å². The number of aliphatic hydroxyl groups excluding tert-OH is 1. The molecule has 1 aliphatic rings. The van der Waals surface area contributed by atoms with E-state index in [4.69, 9.17) is 14.2 Å². The molecule has 1 fully saturated rings. The Balaban J connectivity index is 1.68. The highest BCUT2D eigenvalue weighted by molar-refractivity contribution is 7.89. The van der Waals surface area contributed by atoms with Gasteiger partial charge >= 0.3 is 5.97 Å². The molecule has 2 atom stereocenters. The van der Waals surface area contributed by atoms with Crippen LogP contribution in [0.15, 0.2) is 29.2 Å². The molecule has 13 heteroatoms. The number of nitrogens with zero attached hydrogens (tertiary/aromatic N) is 3. The molecule has 0 bridgehead atoms. The van der Waals surface area contributed by atoms with Crippen LogP contribution in [-0.2, 0) is 24.3 Å². The molecule has 1 aliphatic heterocycles. The average Bonchev–Trinajstić information content (AvgIpc) is 3.21. The van der Waals surface area contributed by atoms with Crippen LogP contribution in [0.3, 0.4) is 0 Å². The highest BCUT2D eigenvalue weighted by Gasteiger charge is 2.44. The summed E-state index contributed by atoms with van der Waals surface area (Å²) in [5.41, 5.74) is 1.69. The minimum atomic E-state index is -4.08. The molecule has 2 N–H and O–H groups in total. The number of benzene rings is 1. The van der Waals surface area contributed by atoms with E-state index in [2.05, 4.69) is 15.3 Å². The van der Waals surface area contributed by atoms with Gasteiger partial charge in [-0.2, -0.15) is 14.3 Å². The number of sulfonamides is 1. The van der Waals surface area contributed by atoms with Gasteiger partial charge in [0.05, 0.1) is 31.3 Å². The quantitative estimate of drug-likeness (QED) is 0.493. The molecule has 1 amide bonds. The van der Waals surface area contributed by atoms with E-state index < -0.39 is 40.7 Å². The van der Waals surface area contributed by atoms with E-state index in [-0.39, 0.29) is 35.6 Å². The SMILES string of the molecule is COc1cc(OC)nc(NC(=O)COC(=O)[C@H]2C[C@@H](O)CN2S(=O)(=O)c2ccc(C)c(C)c2)n1. The van der Waals surface area contributed by atoms with E-state index in [1.165, 1.54) is 32.4 Å². The lowest BCUT2D eigenvalue weighted by atomic mass is 10.1. The molecule has 2 heterocycles. The van der Waals surface area contributed by atoms with E-state index in [9.17, 15) is 23.1 Å². The van der Waals surface area contributed by atoms with E-state index in [1.807, 2.05) is 6.92 Å². The van der Waals surface area contributed by atoms with E-state index in [1.54, 1.807) is 13.0 Å². The van der Waals surface area contributed by atoms with Gasteiger partial charge in [0, 0.05) is 13.0 Å². The maximum Gasteiger partial charge on any atom is 0.325 e. The van der Waals surface area contributed by atoms with Gasteiger partial charge in [0.25, 0.3) is 5.91 Å². The van der Waals surface area contributed by atoms with E-state index in [0.717, 1.165) is 15.4 Å². The normalized spacial score (nSPS) is 18.4. The summed E-state index contributed by atoms with van der Waals surface area (Å²) in [5.74, 6) is -1.56. The third-order valence-corrected chi connectivity index (χ3v) is 7.16. The highest BCUT2D eigenvalue weighted by Crippen LogP contribution is 2.28. The number of carbonyl (C=O) groups excluding carboxylic acids is 2. The third-order valence-electron chi connectivity index (χ3n) is 5.28. The molecular formula is C21H26N4O8S. The molecule has 0 aliphatic carbocycles. The van der Waals surface area contributed by atoms with Crippen LogP contribution in [0.4, 0.5) is 5.95 Å². The first-order chi connectivity index (χ1) is 16.0. The Bertz CT molecular complexity index is 1170. The van der Waals surface area contributed by atoms with Crippen molar-refractivity contribution in [3.8, 4) is 11.8 Å². The Labute approximate surface area is 196 Å². The largest absolute Gasteiger partial charge is 0.481 e. The van der Waals surface area contributed by atoms with Crippen molar-refractivity contribution in [1.29, 1.82) is 0 Å². The Kier molecular flexibility index (Phi) is 7.69. The maximum atomic E-state index is 13.1. The fraction of sp³-hybridized carbons (Fsp3) is 0.429. The van der Waals surface area contributed by atoms with Crippen LogP contribution >= 0.6 is 0 Å².